The number of allylic oxidation sites excluding steroid dienone is 2. The Balaban J connectivity index is 2.38. The molecule has 0 aliphatic heterocycles. The van der Waals surface area contributed by atoms with E-state index in [0.29, 0.717) is 5.41 Å². The van der Waals surface area contributed by atoms with Crippen molar-refractivity contribution in [2.75, 3.05) is 0 Å². The van der Waals surface area contributed by atoms with Gasteiger partial charge in [-0.05, 0) is 36.1 Å². The van der Waals surface area contributed by atoms with Crippen molar-refractivity contribution in [2.45, 2.75) is 65.6 Å². The van der Waals surface area contributed by atoms with Crippen LogP contribution in [0.2, 0.25) is 18.6 Å². The van der Waals surface area contributed by atoms with E-state index in [4.69, 9.17) is 0 Å². The molecule has 0 amide bonds. The van der Waals surface area contributed by atoms with Gasteiger partial charge in [-0.25, -0.2) is 0 Å². The average Bonchev–Trinajstić information content (AvgIpc) is 2.38. The Morgan fingerprint density at radius 1 is 1.05 bits per heavy atom. The highest BCUT2D eigenvalue weighted by Gasteiger charge is 2.39. The summed E-state index contributed by atoms with van der Waals surface area (Å²) < 4.78 is 0. The molecule has 0 aromatic heterocycles. The van der Waals surface area contributed by atoms with Gasteiger partial charge in [0.1, 0.15) is 0 Å². The lowest BCUT2D eigenvalue weighted by molar-refractivity contribution is 0.311. The van der Waals surface area contributed by atoms with Gasteiger partial charge >= 0.3 is 0 Å². The second kappa shape index (κ2) is 6.12. The third-order valence-electron chi connectivity index (χ3n) is 5.27. The van der Waals surface area contributed by atoms with Gasteiger partial charge in [-0.1, -0.05) is 88.0 Å². The van der Waals surface area contributed by atoms with Crippen LogP contribution in [0.4, 0.5) is 0 Å². The maximum atomic E-state index is 2.58. The van der Waals surface area contributed by atoms with Crippen LogP contribution in [0, 0.1) is 11.3 Å². The van der Waals surface area contributed by atoms with E-state index < -0.39 is 8.07 Å². The fourth-order valence-electron chi connectivity index (χ4n) is 4.37. The van der Waals surface area contributed by atoms with Crippen molar-refractivity contribution in [3.8, 4) is 0 Å². The Bertz CT molecular complexity index is 494. The number of benzene rings is 1. The smallest absolute Gasteiger partial charge is 0.0853 e. The first kappa shape index (κ1) is 16.5. The first-order valence-electron chi connectivity index (χ1n) is 8.48. The molecule has 0 fully saturated rings. The Morgan fingerprint density at radius 2 is 1.67 bits per heavy atom. The van der Waals surface area contributed by atoms with E-state index in [0.717, 1.165) is 11.5 Å². The zero-order valence-corrected chi connectivity index (χ0v) is 15.7. The standard InChI is InChI=1S/C20H32Si/c1-16(2)19(17-11-10-14-20(3,4)15-17)21(5,6)18-12-8-7-9-13-18/h7-9,11-13,16,19H,10,14-15H2,1-6H3. The van der Waals surface area contributed by atoms with Gasteiger partial charge in [-0.2, -0.15) is 0 Å². The zero-order chi connectivity index (χ0) is 15.7. The van der Waals surface area contributed by atoms with Gasteiger partial charge in [0.05, 0.1) is 8.07 Å². The van der Waals surface area contributed by atoms with Crippen LogP contribution in [0.5, 0.6) is 0 Å². The second-order valence-electron chi connectivity index (χ2n) is 8.47. The molecule has 0 N–H and O–H groups in total. The fourth-order valence-corrected chi connectivity index (χ4v) is 8.59. The van der Waals surface area contributed by atoms with Gasteiger partial charge in [0.15, 0.2) is 0 Å². The van der Waals surface area contributed by atoms with Crippen molar-refractivity contribution in [2.24, 2.45) is 11.3 Å². The molecule has 0 heterocycles. The minimum Gasteiger partial charge on any atom is -0.0853 e. The zero-order valence-electron chi connectivity index (χ0n) is 14.7. The van der Waals surface area contributed by atoms with Crippen molar-refractivity contribution < 1.29 is 0 Å². The quantitative estimate of drug-likeness (QED) is 0.489. The summed E-state index contributed by atoms with van der Waals surface area (Å²) in [5.41, 5.74) is 3.00. The number of hydrogen-bond acceptors (Lipinski definition) is 0. The summed E-state index contributed by atoms with van der Waals surface area (Å²) in [7, 11) is -1.49. The molecule has 1 unspecified atom stereocenters. The minimum absolute atomic E-state index is 0.485. The summed E-state index contributed by atoms with van der Waals surface area (Å²) in [5.74, 6) is 0.729. The highest BCUT2D eigenvalue weighted by atomic mass is 28.3. The van der Waals surface area contributed by atoms with Gasteiger partial charge in [0.2, 0.25) is 0 Å². The van der Waals surface area contributed by atoms with Crippen LogP contribution in [0.15, 0.2) is 42.0 Å². The molecule has 1 heteroatoms. The van der Waals surface area contributed by atoms with Crippen molar-refractivity contribution in [3.05, 3.63) is 42.0 Å². The molecule has 116 valence electrons. The fraction of sp³-hybridized carbons (Fsp3) is 0.600. The molecule has 0 saturated carbocycles. The third-order valence-corrected chi connectivity index (χ3v) is 9.69. The van der Waals surface area contributed by atoms with Crippen LogP contribution in [0.3, 0.4) is 0 Å². The number of hydrogen-bond donors (Lipinski definition) is 0. The van der Waals surface area contributed by atoms with Crippen LogP contribution < -0.4 is 5.19 Å². The molecular weight excluding hydrogens is 268 g/mol. The molecular formula is C20H32Si. The van der Waals surface area contributed by atoms with Gasteiger partial charge in [0.25, 0.3) is 0 Å². The summed E-state index contributed by atoms with van der Waals surface area (Å²) >= 11 is 0. The molecule has 0 saturated heterocycles. The lowest BCUT2D eigenvalue weighted by Gasteiger charge is -2.42. The van der Waals surface area contributed by atoms with Crippen molar-refractivity contribution >= 4 is 13.3 Å². The molecule has 0 bridgehead atoms. The average molecular weight is 301 g/mol. The molecule has 0 radical (unpaired) electrons. The molecule has 21 heavy (non-hydrogen) atoms. The van der Waals surface area contributed by atoms with E-state index >= 15 is 0 Å². The molecule has 0 nitrogen and oxygen atoms in total. The van der Waals surface area contributed by atoms with Crippen molar-refractivity contribution in [1.82, 2.24) is 0 Å². The highest BCUT2D eigenvalue weighted by molar-refractivity contribution is 6.91. The van der Waals surface area contributed by atoms with E-state index in [-0.39, 0.29) is 0 Å². The monoisotopic (exact) mass is 300 g/mol. The summed E-state index contributed by atoms with van der Waals surface area (Å²) in [6.45, 7) is 14.9. The summed E-state index contributed by atoms with van der Waals surface area (Å²) in [5, 5.41) is 1.60. The Kier molecular flexibility index (Phi) is 4.82. The van der Waals surface area contributed by atoms with E-state index in [2.05, 4.69) is 77.2 Å². The number of rotatable bonds is 4. The van der Waals surface area contributed by atoms with Crippen LogP contribution in [-0.4, -0.2) is 8.07 Å². The molecule has 0 spiro atoms. The second-order valence-corrected chi connectivity index (χ2v) is 13.1. The largest absolute Gasteiger partial charge is 0.0879 e. The predicted octanol–water partition coefficient (Wildman–Crippen LogP) is 5.76. The summed E-state index contributed by atoms with van der Waals surface area (Å²) in [4.78, 5) is 0. The van der Waals surface area contributed by atoms with E-state index in [1.807, 2.05) is 0 Å². The molecule has 1 atom stereocenters. The Hall–Kier alpha value is -0.823. The molecule has 1 aliphatic rings. The van der Waals surface area contributed by atoms with Gasteiger partial charge in [-0.3, -0.25) is 0 Å². The van der Waals surface area contributed by atoms with Crippen LogP contribution in [0.1, 0.15) is 47.0 Å². The maximum absolute atomic E-state index is 2.58. The van der Waals surface area contributed by atoms with E-state index in [1.54, 1.807) is 10.8 Å². The van der Waals surface area contributed by atoms with Crippen molar-refractivity contribution in [1.29, 1.82) is 0 Å². The van der Waals surface area contributed by atoms with E-state index in [9.17, 15) is 0 Å². The topological polar surface area (TPSA) is 0 Å². The van der Waals surface area contributed by atoms with Crippen LogP contribution >= 0.6 is 0 Å². The van der Waals surface area contributed by atoms with E-state index in [1.165, 1.54) is 19.3 Å². The lowest BCUT2D eigenvalue weighted by Crippen LogP contribution is -2.48. The first-order chi connectivity index (χ1) is 9.74. The van der Waals surface area contributed by atoms with Crippen molar-refractivity contribution in [3.63, 3.8) is 0 Å². The Labute approximate surface area is 132 Å². The summed E-state index contributed by atoms with van der Waals surface area (Å²) in [6, 6.07) is 11.3. The van der Waals surface area contributed by atoms with Crippen LogP contribution in [0.25, 0.3) is 0 Å². The molecule has 2 rings (SSSR count). The van der Waals surface area contributed by atoms with Gasteiger partial charge in [-0.15, -0.1) is 0 Å². The molecule has 1 aliphatic carbocycles. The van der Waals surface area contributed by atoms with Gasteiger partial charge in [0, 0.05) is 0 Å². The molecule has 1 aromatic carbocycles. The third kappa shape index (κ3) is 3.69. The molecule has 1 aromatic rings. The predicted molar refractivity (Wildman–Crippen MR) is 97.9 cm³/mol. The minimum atomic E-state index is -1.49. The SMILES string of the molecule is CC(C)C(C1=CCCC(C)(C)C1)[Si](C)(C)c1ccccc1. The maximum Gasteiger partial charge on any atom is 0.0879 e. The Morgan fingerprint density at radius 3 is 2.19 bits per heavy atom. The first-order valence-corrected chi connectivity index (χ1v) is 11.6. The van der Waals surface area contributed by atoms with Crippen LogP contribution in [-0.2, 0) is 0 Å². The van der Waals surface area contributed by atoms with Gasteiger partial charge < -0.3 is 0 Å². The summed E-state index contributed by atoms with van der Waals surface area (Å²) in [6.07, 6.45) is 6.48. The normalized spacial score (nSPS) is 20.2. The lowest BCUT2D eigenvalue weighted by atomic mass is 9.75. The highest BCUT2D eigenvalue weighted by Crippen LogP contribution is 2.46.